The van der Waals surface area contributed by atoms with Crippen molar-refractivity contribution in [2.24, 2.45) is 0 Å². The molecule has 0 aliphatic carbocycles. The second-order valence-electron chi connectivity index (χ2n) is 6.06. The summed E-state index contributed by atoms with van der Waals surface area (Å²) in [6.45, 7) is 7.08. The molecule has 22 heavy (non-hydrogen) atoms. The van der Waals surface area contributed by atoms with Crippen LogP contribution in [0.4, 0.5) is 0 Å². The van der Waals surface area contributed by atoms with E-state index in [4.69, 9.17) is 11.6 Å². The van der Waals surface area contributed by atoms with E-state index in [0.29, 0.717) is 6.04 Å². The van der Waals surface area contributed by atoms with E-state index in [1.54, 1.807) is 0 Å². The third-order valence-corrected chi connectivity index (χ3v) is 4.40. The van der Waals surface area contributed by atoms with Gasteiger partial charge in [-0.3, -0.25) is 9.58 Å². The van der Waals surface area contributed by atoms with Crippen molar-refractivity contribution in [1.82, 2.24) is 24.1 Å². The van der Waals surface area contributed by atoms with Crippen LogP contribution in [-0.2, 0) is 6.54 Å². The number of pyridine rings is 1. The average molecular weight is 316 g/mol. The highest BCUT2D eigenvalue weighted by Gasteiger charge is 2.30. The van der Waals surface area contributed by atoms with Crippen LogP contribution in [0.1, 0.15) is 23.1 Å². The van der Waals surface area contributed by atoms with Crippen LogP contribution in [0.5, 0.6) is 0 Å². The summed E-state index contributed by atoms with van der Waals surface area (Å²) in [4.78, 5) is 7.03. The Morgan fingerprint density at radius 1 is 1.23 bits per heavy atom. The summed E-state index contributed by atoms with van der Waals surface area (Å²) >= 11 is 6.01. The van der Waals surface area contributed by atoms with E-state index >= 15 is 0 Å². The Labute approximate surface area is 134 Å². The SMILES string of the molecule is Cc1cc(C)n(C2CN(Cc3cn4cc(Cl)ccc4n3)C2)n1. The van der Waals surface area contributed by atoms with Gasteiger partial charge in [0, 0.05) is 37.7 Å². The Morgan fingerprint density at radius 2 is 2.05 bits per heavy atom. The Kier molecular flexibility index (Phi) is 3.20. The van der Waals surface area contributed by atoms with Crippen molar-refractivity contribution in [2.75, 3.05) is 13.1 Å². The third kappa shape index (κ3) is 2.40. The smallest absolute Gasteiger partial charge is 0.137 e. The summed E-state index contributed by atoms with van der Waals surface area (Å²) < 4.78 is 4.13. The molecule has 1 fully saturated rings. The molecule has 0 bridgehead atoms. The van der Waals surface area contributed by atoms with E-state index in [-0.39, 0.29) is 0 Å². The Hall–Kier alpha value is -1.85. The third-order valence-electron chi connectivity index (χ3n) is 4.18. The molecule has 0 amide bonds. The molecule has 6 heteroatoms. The van der Waals surface area contributed by atoms with E-state index in [0.717, 1.165) is 41.7 Å². The van der Waals surface area contributed by atoms with Crippen LogP contribution in [0.3, 0.4) is 0 Å². The normalized spacial score (nSPS) is 16.3. The standard InChI is InChI=1S/C16H18ClN5/c1-11-5-12(2)22(19-11)15-9-20(10-15)7-14-8-21-6-13(17)3-4-16(21)18-14/h3-6,8,15H,7,9-10H2,1-2H3. The molecular formula is C16H18ClN5. The molecule has 4 rings (SSSR count). The molecule has 0 atom stereocenters. The second-order valence-corrected chi connectivity index (χ2v) is 6.50. The first-order valence-corrected chi connectivity index (χ1v) is 7.84. The number of rotatable bonds is 3. The van der Waals surface area contributed by atoms with Crippen molar-refractivity contribution in [2.45, 2.75) is 26.4 Å². The molecule has 0 radical (unpaired) electrons. The lowest BCUT2D eigenvalue weighted by Crippen LogP contribution is -2.47. The number of fused-ring (bicyclic) bond motifs is 1. The van der Waals surface area contributed by atoms with E-state index in [9.17, 15) is 0 Å². The van der Waals surface area contributed by atoms with Crippen LogP contribution in [0.2, 0.25) is 5.02 Å². The summed E-state index contributed by atoms with van der Waals surface area (Å²) in [6.07, 6.45) is 3.94. The van der Waals surface area contributed by atoms with Crippen LogP contribution in [0.15, 0.2) is 30.6 Å². The molecule has 0 aromatic carbocycles. The number of halogens is 1. The maximum absolute atomic E-state index is 6.01. The second kappa shape index (κ2) is 5.11. The zero-order chi connectivity index (χ0) is 15.3. The molecule has 0 saturated carbocycles. The van der Waals surface area contributed by atoms with Gasteiger partial charge in [0.2, 0.25) is 0 Å². The molecule has 1 saturated heterocycles. The van der Waals surface area contributed by atoms with Crippen molar-refractivity contribution >= 4 is 17.2 Å². The van der Waals surface area contributed by atoms with E-state index in [1.807, 2.05) is 29.7 Å². The lowest BCUT2D eigenvalue weighted by molar-refractivity contribution is 0.0882. The van der Waals surface area contributed by atoms with Gasteiger partial charge >= 0.3 is 0 Å². The first-order chi connectivity index (χ1) is 10.6. The Morgan fingerprint density at radius 3 is 2.77 bits per heavy atom. The number of hydrogen-bond donors (Lipinski definition) is 0. The molecule has 1 aliphatic heterocycles. The number of imidazole rings is 1. The zero-order valence-electron chi connectivity index (χ0n) is 12.7. The molecule has 0 spiro atoms. The minimum absolute atomic E-state index is 0.486. The summed E-state index contributed by atoms with van der Waals surface area (Å²) in [6, 6.07) is 6.44. The number of nitrogens with zero attached hydrogens (tertiary/aromatic N) is 5. The first kappa shape index (κ1) is 13.8. The van der Waals surface area contributed by atoms with Crippen molar-refractivity contribution in [3.63, 3.8) is 0 Å². The van der Waals surface area contributed by atoms with Crippen molar-refractivity contribution in [3.8, 4) is 0 Å². The van der Waals surface area contributed by atoms with Gasteiger partial charge in [-0.15, -0.1) is 0 Å². The van der Waals surface area contributed by atoms with Gasteiger partial charge in [0.15, 0.2) is 0 Å². The molecule has 114 valence electrons. The first-order valence-electron chi connectivity index (χ1n) is 7.47. The molecule has 1 aliphatic rings. The minimum atomic E-state index is 0.486. The quantitative estimate of drug-likeness (QED) is 0.746. The van der Waals surface area contributed by atoms with Crippen molar-refractivity contribution in [3.05, 3.63) is 52.7 Å². The van der Waals surface area contributed by atoms with E-state index < -0.39 is 0 Å². The Balaban J connectivity index is 1.43. The van der Waals surface area contributed by atoms with Crippen LogP contribution >= 0.6 is 11.6 Å². The fourth-order valence-corrected chi connectivity index (χ4v) is 3.33. The lowest BCUT2D eigenvalue weighted by Gasteiger charge is -2.39. The van der Waals surface area contributed by atoms with Gasteiger partial charge < -0.3 is 4.40 Å². The van der Waals surface area contributed by atoms with Crippen LogP contribution in [0.25, 0.3) is 5.65 Å². The van der Waals surface area contributed by atoms with Gasteiger partial charge in [0.1, 0.15) is 5.65 Å². The summed E-state index contributed by atoms with van der Waals surface area (Å²) in [5.41, 5.74) is 4.35. The topological polar surface area (TPSA) is 38.4 Å². The van der Waals surface area contributed by atoms with Crippen molar-refractivity contribution in [1.29, 1.82) is 0 Å². The maximum atomic E-state index is 6.01. The summed E-state index contributed by atoms with van der Waals surface area (Å²) in [5, 5.41) is 5.30. The van der Waals surface area contributed by atoms with Crippen LogP contribution in [-0.4, -0.2) is 37.2 Å². The largest absolute Gasteiger partial charge is 0.305 e. The van der Waals surface area contributed by atoms with Crippen molar-refractivity contribution < 1.29 is 0 Å². The molecule has 0 N–H and O–H groups in total. The predicted octanol–water partition coefficient (Wildman–Crippen LogP) is 2.86. The van der Waals surface area contributed by atoms with Gasteiger partial charge in [0.05, 0.1) is 22.5 Å². The predicted molar refractivity (Wildman–Crippen MR) is 86.2 cm³/mol. The van der Waals surface area contributed by atoms with Gasteiger partial charge in [-0.05, 0) is 32.0 Å². The summed E-state index contributed by atoms with van der Waals surface area (Å²) in [5.74, 6) is 0. The number of hydrogen-bond acceptors (Lipinski definition) is 3. The molecule has 5 nitrogen and oxygen atoms in total. The highest BCUT2D eigenvalue weighted by atomic mass is 35.5. The van der Waals surface area contributed by atoms with Gasteiger partial charge in [0.25, 0.3) is 0 Å². The maximum Gasteiger partial charge on any atom is 0.137 e. The highest BCUT2D eigenvalue weighted by Crippen LogP contribution is 2.24. The fourth-order valence-electron chi connectivity index (χ4n) is 3.16. The van der Waals surface area contributed by atoms with E-state index in [1.165, 1.54) is 5.69 Å². The van der Waals surface area contributed by atoms with Crippen LogP contribution in [0, 0.1) is 13.8 Å². The fraction of sp³-hybridized carbons (Fsp3) is 0.375. The number of likely N-dealkylation sites (tertiary alicyclic amines) is 1. The molecular weight excluding hydrogens is 298 g/mol. The Bertz CT molecular complexity index is 828. The molecule has 0 unspecified atom stereocenters. The average Bonchev–Trinajstić information content (AvgIpc) is 2.95. The van der Waals surface area contributed by atoms with Gasteiger partial charge in [-0.2, -0.15) is 5.10 Å². The van der Waals surface area contributed by atoms with Gasteiger partial charge in [-0.1, -0.05) is 11.6 Å². The molecule has 3 aromatic rings. The number of aryl methyl sites for hydroxylation is 2. The van der Waals surface area contributed by atoms with Crippen LogP contribution < -0.4 is 0 Å². The monoisotopic (exact) mass is 315 g/mol. The highest BCUT2D eigenvalue weighted by molar-refractivity contribution is 6.30. The van der Waals surface area contributed by atoms with E-state index in [2.05, 4.69) is 38.9 Å². The minimum Gasteiger partial charge on any atom is -0.305 e. The van der Waals surface area contributed by atoms with Gasteiger partial charge in [-0.25, -0.2) is 4.98 Å². The summed E-state index contributed by atoms with van der Waals surface area (Å²) in [7, 11) is 0. The molecule has 3 aromatic heterocycles. The lowest BCUT2D eigenvalue weighted by atomic mass is 10.1. The zero-order valence-corrected chi connectivity index (χ0v) is 13.5. The molecule has 4 heterocycles. The number of aromatic nitrogens is 4.